The highest BCUT2D eigenvalue weighted by molar-refractivity contribution is 6.13. The van der Waals surface area contributed by atoms with E-state index >= 15 is 0 Å². The molecule has 0 aliphatic carbocycles. The fourth-order valence-corrected chi connectivity index (χ4v) is 7.02. The van der Waals surface area contributed by atoms with Gasteiger partial charge in [-0.05, 0) is 70.2 Å². The number of nitrogen functional groups attached to an aromatic ring is 1. The molecular weight excluding hydrogens is 769 g/mol. The number of Topliss-reactive ketones (excluding diaryl/α,β-unsaturated/α-hetero) is 1. The number of fused-ring (bicyclic) bond motifs is 3. The second-order valence-electron chi connectivity index (χ2n) is 16.2. The van der Waals surface area contributed by atoms with Gasteiger partial charge in [0, 0.05) is 55.1 Å². The number of aromatic nitrogens is 3. The van der Waals surface area contributed by atoms with E-state index in [2.05, 4.69) is 15.6 Å². The Labute approximate surface area is 349 Å². The zero-order chi connectivity index (χ0) is 43.7. The van der Waals surface area contributed by atoms with Crippen LogP contribution in [-0.2, 0) is 48.4 Å². The van der Waals surface area contributed by atoms with Gasteiger partial charge in [-0.2, -0.15) is 0 Å². The van der Waals surface area contributed by atoms with Gasteiger partial charge in [-0.15, -0.1) is 0 Å². The molecule has 0 saturated heterocycles. The molecule has 1 aliphatic heterocycles. The molecule has 0 unspecified atom stereocenters. The molecule has 16 heteroatoms. The maximum atomic E-state index is 13.3. The lowest BCUT2D eigenvalue weighted by atomic mass is 9.88. The Kier molecular flexibility index (Phi) is 14.8. The van der Waals surface area contributed by atoms with Crippen LogP contribution < -0.4 is 16.4 Å². The lowest BCUT2D eigenvalue weighted by Crippen LogP contribution is -2.45. The normalized spacial score (nSPS) is 13.9. The van der Waals surface area contributed by atoms with Crippen LogP contribution in [0.5, 0.6) is 0 Å². The van der Waals surface area contributed by atoms with Gasteiger partial charge in [-0.3, -0.25) is 28.9 Å². The number of benzene rings is 2. The number of aliphatic hydroxyl groups is 1. The van der Waals surface area contributed by atoms with Gasteiger partial charge >= 0.3 is 6.09 Å². The number of hydrogen-bond acceptors (Lipinski definition) is 11. The molecule has 16 nitrogen and oxygen atoms in total. The Morgan fingerprint density at radius 1 is 0.933 bits per heavy atom. The predicted octanol–water partition coefficient (Wildman–Crippen LogP) is 5.26. The molecular formula is C44H56N8O8. The molecule has 5 amide bonds. The Balaban J connectivity index is 1.10. The van der Waals surface area contributed by atoms with Gasteiger partial charge in [0.15, 0.2) is 5.82 Å². The van der Waals surface area contributed by atoms with E-state index in [4.69, 9.17) is 15.5 Å². The number of unbranched alkanes of at least 4 members (excludes halogenated alkanes) is 2. The average Bonchev–Trinajstić information content (AvgIpc) is 3.71. The number of nitrogens with one attached hydrogen (secondary N) is 2. The van der Waals surface area contributed by atoms with Crippen LogP contribution in [0.2, 0.25) is 0 Å². The molecule has 0 radical (unpaired) electrons. The minimum absolute atomic E-state index is 0.0364. The highest BCUT2D eigenvalue weighted by Gasteiger charge is 2.29. The molecule has 1 aliphatic rings. The van der Waals surface area contributed by atoms with Crippen molar-refractivity contribution < 1.29 is 38.6 Å². The van der Waals surface area contributed by atoms with Gasteiger partial charge in [-0.1, -0.05) is 50.6 Å². The zero-order valence-corrected chi connectivity index (χ0v) is 35.2. The van der Waals surface area contributed by atoms with Crippen molar-refractivity contribution in [2.75, 3.05) is 24.1 Å². The molecule has 0 fully saturated rings. The third-order valence-electron chi connectivity index (χ3n) is 10.4. The van der Waals surface area contributed by atoms with Crippen molar-refractivity contribution >= 4 is 68.9 Å². The van der Waals surface area contributed by atoms with Gasteiger partial charge in [0.2, 0.25) is 11.8 Å². The van der Waals surface area contributed by atoms with E-state index in [-0.39, 0.29) is 67.8 Å². The number of anilines is 2. The summed E-state index contributed by atoms with van der Waals surface area (Å²) in [5.41, 5.74) is 8.29. The minimum atomic E-state index is -1.10. The second kappa shape index (κ2) is 19.7. The Hall–Kier alpha value is -6.16. The maximum Gasteiger partial charge on any atom is 0.410 e. The largest absolute Gasteiger partial charge is 0.445 e. The number of imidazole rings is 1. The third-order valence-corrected chi connectivity index (χ3v) is 10.4. The number of hydrogen-bond donors (Lipinski definition) is 4. The molecule has 5 N–H and O–H groups in total. The van der Waals surface area contributed by atoms with Crippen LogP contribution in [0.25, 0.3) is 21.9 Å². The number of rotatable bonds is 20. The van der Waals surface area contributed by atoms with E-state index in [9.17, 15) is 33.9 Å². The van der Waals surface area contributed by atoms with Crippen LogP contribution in [0.4, 0.5) is 16.3 Å². The fourth-order valence-electron chi connectivity index (χ4n) is 7.02. The number of para-hydroxylation sites is 1. The molecule has 0 spiro atoms. The number of carbonyl (C=O) groups is 6. The first-order valence-electron chi connectivity index (χ1n) is 20.4. The minimum Gasteiger partial charge on any atom is -0.445 e. The van der Waals surface area contributed by atoms with Crippen molar-refractivity contribution in [1.29, 1.82) is 0 Å². The van der Waals surface area contributed by atoms with E-state index < -0.39 is 29.6 Å². The lowest BCUT2D eigenvalue weighted by molar-refractivity contribution is -0.137. The van der Waals surface area contributed by atoms with Crippen molar-refractivity contribution in [3.63, 3.8) is 0 Å². The summed E-state index contributed by atoms with van der Waals surface area (Å²) in [5.74, 6) is -1.54. The fraction of sp³-hybridized carbons (Fsp3) is 0.455. The van der Waals surface area contributed by atoms with E-state index in [1.807, 2.05) is 49.6 Å². The quantitative estimate of drug-likeness (QED) is 0.0666. The monoisotopic (exact) mass is 824 g/mol. The molecule has 2 atom stereocenters. The summed E-state index contributed by atoms with van der Waals surface area (Å²) in [6, 6.07) is 13.4. The molecule has 2 aromatic carbocycles. The number of nitrogens with two attached hydrogens (primary N) is 1. The molecule has 3 heterocycles. The van der Waals surface area contributed by atoms with Crippen molar-refractivity contribution in [3.05, 3.63) is 72.1 Å². The van der Waals surface area contributed by atoms with Crippen LogP contribution in [0.15, 0.2) is 60.7 Å². The zero-order valence-electron chi connectivity index (χ0n) is 35.2. The number of amides is 5. The SMILES string of the molecule is CCN(Cc1nc2c(N)nc3ccccc3c2n1CC(C)(C)O)C(=O)OCc1ccc(NC(=O)[C@H](C)NC(=O)[C@@H](CC(=O)CCCCCN2C(=O)C=CC2=O)C(C)C)cc1. The summed E-state index contributed by atoms with van der Waals surface area (Å²) in [7, 11) is 0. The molecule has 5 rings (SSSR count). The highest BCUT2D eigenvalue weighted by Crippen LogP contribution is 2.30. The average molecular weight is 825 g/mol. The summed E-state index contributed by atoms with van der Waals surface area (Å²) < 4.78 is 7.55. The molecule has 0 bridgehead atoms. The van der Waals surface area contributed by atoms with Gasteiger partial charge in [0.05, 0.1) is 29.7 Å². The highest BCUT2D eigenvalue weighted by atomic mass is 16.6. The molecule has 2 aromatic heterocycles. The number of nitrogens with zero attached hydrogens (tertiary/aromatic N) is 5. The molecule has 0 saturated carbocycles. The van der Waals surface area contributed by atoms with Gasteiger partial charge in [0.25, 0.3) is 11.8 Å². The summed E-state index contributed by atoms with van der Waals surface area (Å²) in [6.45, 7) is 11.4. The Bertz CT molecular complexity index is 2240. The maximum absolute atomic E-state index is 13.3. The molecule has 60 heavy (non-hydrogen) atoms. The summed E-state index contributed by atoms with van der Waals surface area (Å²) in [4.78, 5) is 87.7. The standard InChI is InChI=1S/C44H56N8O8/c1-7-50(24-35-49-38-39(52(35)26-44(5,6)59)32-14-10-11-15-34(32)48-40(38)45)43(58)60-25-29-16-18-30(19-17-29)47-41(56)28(4)46-42(57)33(27(2)3)23-31(53)13-9-8-12-22-51-36(54)20-21-37(51)55/h10-11,14-21,27-28,33,59H,7-9,12-13,22-26H2,1-6H3,(H2,45,48)(H,46,57)(H,47,56)/t28-,33-/m0/s1. The van der Waals surface area contributed by atoms with Crippen molar-refractivity contribution in [2.24, 2.45) is 11.8 Å². The van der Waals surface area contributed by atoms with Gasteiger partial charge in [0.1, 0.15) is 29.8 Å². The smallest absolute Gasteiger partial charge is 0.410 e. The topological polar surface area (TPSA) is 219 Å². The number of pyridine rings is 1. The van der Waals surface area contributed by atoms with Crippen molar-refractivity contribution in [3.8, 4) is 0 Å². The van der Waals surface area contributed by atoms with Crippen LogP contribution in [-0.4, -0.2) is 89.7 Å². The van der Waals surface area contributed by atoms with E-state index in [0.29, 0.717) is 60.5 Å². The first-order valence-corrected chi connectivity index (χ1v) is 20.4. The Morgan fingerprint density at radius 2 is 1.62 bits per heavy atom. The lowest BCUT2D eigenvalue weighted by Gasteiger charge is -2.24. The summed E-state index contributed by atoms with van der Waals surface area (Å²) >= 11 is 0. The number of imide groups is 1. The van der Waals surface area contributed by atoms with Crippen LogP contribution >= 0.6 is 0 Å². The molecule has 4 aromatic rings. The number of carbonyl (C=O) groups excluding carboxylic acids is 6. The first kappa shape index (κ1) is 44.9. The van der Waals surface area contributed by atoms with Crippen LogP contribution in [0, 0.1) is 11.8 Å². The summed E-state index contributed by atoms with van der Waals surface area (Å²) in [6.07, 6.45) is 4.07. The van der Waals surface area contributed by atoms with Gasteiger partial charge in [-0.25, -0.2) is 14.8 Å². The van der Waals surface area contributed by atoms with Crippen molar-refractivity contribution in [1.82, 2.24) is 29.7 Å². The summed E-state index contributed by atoms with van der Waals surface area (Å²) in [5, 5.41) is 17.2. The predicted molar refractivity (Wildman–Crippen MR) is 227 cm³/mol. The van der Waals surface area contributed by atoms with Crippen LogP contribution in [0.1, 0.15) is 85.0 Å². The first-order chi connectivity index (χ1) is 28.4. The Morgan fingerprint density at radius 3 is 2.27 bits per heavy atom. The van der Waals surface area contributed by atoms with Crippen LogP contribution in [0.3, 0.4) is 0 Å². The third kappa shape index (κ3) is 11.5. The number of ether oxygens (including phenoxy) is 1. The van der Waals surface area contributed by atoms with Gasteiger partial charge < -0.3 is 35.7 Å². The van der Waals surface area contributed by atoms with E-state index in [1.165, 1.54) is 22.0 Å². The van der Waals surface area contributed by atoms with Crippen molar-refractivity contribution in [2.45, 2.75) is 105 Å². The number of ketones is 1. The van der Waals surface area contributed by atoms with E-state index in [0.717, 1.165) is 10.9 Å². The van der Waals surface area contributed by atoms with E-state index in [1.54, 1.807) is 45.0 Å². The molecule has 320 valence electrons. The second-order valence-corrected chi connectivity index (χ2v) is 16.2.